The van der Waals surface area contributed by atoms with E-state index in [0.29, 0.717) is 6.04 Å². The van der Waals surface area contributed by atoms with E-state index in [0.717, 1.165) is 24.7 Å². The highest BCUT2D eigenvalue weighted by atomic mass is 14.7. The van der Waals surface area contributed by atoms with E-state index in [2.05, 4.69) is 38.1 Å². The molecule has 1 aliphatic carbocycles. The van der Waals surface area contributed by atoms with Gasteiger partial charge < -0.3 is 5.73 Å². The van der Waals surface area contributed by atoms with Crippen LogP contribution in [0.4, 0.5) is 0 Å². The van der Waals surface area contributed by atoms with Crippen LogP contribution >= 0.6 is 0 Å². The van der Waals surface area contributed by atoms with Crippen molar-refractivity contribution in [1.29, 1.82) is 0 Å². The van der Waals surface area contributed by atoms with Crippen LogP contribution in [-0.2, 0) is 6.42 Å². The summed E-state index contributed by atoms with van der Waals surface area (Å²) in [6.45, 7) is 4.47. The zero-order chi connectivity index (χ0) is 13.7. The first-order valence-corrected chi connectivity index (χ1v) is 8.02. The maximum atomic E-state index is 6.49. The molecular weight excluding hydrogens is 230 g/mol. The first kappa shape index (κ1) is 14.6. The Bertz CT molecular complexity index is 368. The van der Waals surface area contributed by atoms with Crippen molar-refractivity contribution < 1.29 is 0 Å². The third-order valence-corrected chi connectivity index (χ3v) is 4.93. The maximum Gasteiger partial charge on any atom is 0.00729 e. The van der Waals surface area contributed by atoms with Gasteiger partial charge in [0.05, 0.1) is 0 Å². The van der Waals surface area contributed by atoms with Crippen LogP contribution in [0.1, 0.15) is 56.6 Å². The fourth-order valence-corrected chi connectivity index (χ4v) is 3.61. The summed E-state index contributed by atoms with van der Waals surface area (Å²) in [6.07, 6.45) is 9.15. The van der Waals surface area contributed by atoms with E-state index in [1.807, 2.05) is 0 Å². The molecule has 0 amide bonds. The number of nitrogens with two attached hydrogens (primary N) is 1. The molecule has 2 rings (SSSR count). The molecule has 1 heteroatoms. The Balaban J connectivity index is 1.85. The molecule has 0 heterocycles. The number of hydrogen-bond acceptors (Lipinski definition) is 1. The molecule has 0 aliphatic heterocycles. The summed E-state index contributed by atoms with van der Waals surface area (Å²) in [7, 11) is 0. The summed E-state index contributed by atoms with van der Waals surface area (Å²) in [6, 6.07) is 9.30. The van der Waals surface area contributed by atoms with E-state index in [-0.39, 0.29) is 0 Å². The molecule has 1 aromatic rings. The lowest BCUT2D eigenvalue weighted by Crippen LogP contribution is -2.37. The molecule has 3 unspecified atom stereocenters. The van der Waals surface area contributed by atoms with Crippen LogP contribution < -0.4 is 5.73 Å². The third-order valence-electron chi connectivity index (χ3n) is 4.93. The molecule has 2 N–H and O–H groups in total. The molecule has 19 heavy (non-hydrogen) atoms. The van der Waals surface area contributed by atoms with Crippen LogP contribution in [0.2, 0.25) is 0 Å². The van der Waals surface area contributed by atoms with Gasteiger partial charge in [-0.25, -0.2) is 0 Å². The van der Waals surface area contributed by atoms with E-state index in [9.17, 15) is 0 Å². The average Bonchev–Trinajstić information content (AvgIpc) is 2.46. The van der Waals surface area contributed by atoms with Crippen molar-refractivity contribution in [3.63, 3.8) is 0 Å². The van der Waals surface area contributed by atoms with Crippen molar-refractivity contribution in [2.75, 3.05) is 0 Å². The lowest BCUT2D eigenvalue weighted by Gasteiger charge is -2.35. The fraction of sp³-hybridized carbons (Fsp3) is 0.667. The van der Waals surface area contributed by atoms with Gasteiger partial charge >= 0.3 is 0 Å². The molecule has 1 aromatic carbocycles. The molecule has 1 fully saturated rings. The molecule has 0 radical (unpaired) electrons. The predicted molar refractivity (Wildman–Crippen MR) is 83.2 cm³/mol. The van der Waals surface area contributed by atoms with Gasteiger partial charge in [0.2, 0.25) is 0 Å². The third kappa shape index (κ3) is 4.07. The molecule has 1 nitrogen and oxygen atoms in total. The highest BCUT2D eigenvalue weighted by Crippen LogP contribution is 2.34. The van der Waals surface area contributed by atoms with Crippen LogP contribution in [-0.4, -0.2) is 6.04 Å². The zero-order valence-corrected chi connectivity index (χ0v) is 12.6. The van der Waals surface area contributed by atoms with Crippen LogP contribution in [0.3, 0.4) is 0 Å². The Morgan fingerprint density at radius 2 is 1.84 bits per heavy atom. The Morgan fingerprint density at radius 1 is 1.16 bits per heavy atom. The second kappa shape index (κ2) is 7.09. The van der Waals surface area contributed by atoms with Crippen molar-refractivity contribution in [2.45, 2.75) is 64.8 Å². The van der Waals surface area contributed by atoms with Crippen molar-refractivity contribution in [3.8, 4) is 0 Å². The number of aryl methyl sites for hydroxylation is 2. The van der Waals surface area contributed by atoms with Gasteiger partial charge in [-0.1, -0.05) is 62.4 Å². The van der Waals surface area contributed by atoms with Gasteiger partial charge in [0.1, 0.15) is 0 Å². The smallest absolute Gasteiger partial charge is 0.00729 e. The van der Waals surface area contributed by atoms with Gasteiger partial charge in [0, 0.05) is 6.04 Å². The second-order valence-electron chi connectivity index (χ2n) is 6.30. The Morgan fingerprint density at radius 3 is 2.53 bits per heavy atom. The van der Waals surface area contributed by atoms with Crippen LogP contribution in [0, 0.1) is 18.8 Å². The van der Waals surface area contributed by atoms with Gasteiger partial charge in [-0.3, -0.25) is 0 Å². The molecule has 0 spiro atoms. The molecule has 1 saturated carbocycles. The van der Waals surface area contributed by atoms with Crippen molar-refractivity contribution in [2.24, 2.45) is 17.6 Å². The first-order valence-electron chi connectivity index (χ1n) is 8.02. The van der Waals surface area contributed by atoms with E-state index < -0.39 is 0 Å². The van der Waals surface area contributed by atoms with Gasteiger partial charge in [0.15, 0.2) is 0 Å². The molecule has 106 valence electrons. The minimum atomic E-state index is 0.395. The quantitative estimate of drug-likeness (QED) is 0.829. The molecule has 0 saturated heterocycles. The Hall–Kier alpha value is -0.820. The average molecular weight is 259 g/mol. The van der Waals surface area contributed by atoms with Gasteiger partial charge in [-0.2, -0.15) is 0 Å². The number of hydrogen-bond donors (Lipinski definition) is 1. The van der Waals surface area contributed by atoms with E-state index in [1.54, 1.807) is 0 Å². The highest BCUT2D eigenvalue weighted by Gasteiger charge is 2.28. The first-order chi connectivity index (χ1) is 9.20. The molecule has 3 atom stereocenters. The van der Waals surface area contributed by atoms with E-state index in [4.69, 9.17) is 5.73 Å². The van der Waals surface area contributed by atoms with Gasteiger partial charge in [-0.05, 0) is 43.6 Å². The molecule has 1 aliphatic rings. The van der Waals surface area contributed by atoms with E-state index >= 15 is 0 Å². The van der Waals surface area contributed by atoms with Gasteiger partial charge in [-0.15, -0.1) is 0 Å². The SMILES string of the molecule is CCC1CCCCC1C(N)CCc1ccc(C)cc1. The highest BCUT2D eigenvalue weighted by molar-refractivity contribution is 5.21. The summed E-state index contributed by atoms with van der Waals surface area (Å²) >= 11 is 0. The second-order valence-corrected chi connectivity index (χ2v) is 6.30. The van der Waals surface area contributed by atoms with Crippen LogP contribution in [0.5, 0.6) is 0 Å². The van der Waals surface area contributed by atoms with Crippen molar-refractivity contribution in [3.05, 3.63) is 35.4 Å². The standard InChI is InChI=1S/C18H29N/c1-3-16-6-4-5-7-17(16)18(19)13-12-15-10-8-14(2)9-11-15/h8-11,16-18H,3-7,12-13,19H2,1-2H3. The fourth-order valence-electron chi connectivity index (χ4n) is 3.61. The lowest BCUT2D eigenvalue weighted by atomic mass is 9.73. The monoisotopic (exact) mass is 259 g/mol. The summed E-state index contributed by atoms with van der Waals surface area (Å²) in [5.41, 5.74) is 9.27. The summed E-state index contributed by atoms with van der Waals surface area (Å²) in [4.78, 5) is 0. The normalized spacial score (nSPS) is 25.2. The predicted octanol–water partition coefficient (Wildman–Crippen LogP) is 4.47. The topological polar surface area (TPSA) is 26.0 Å². The molecule has 0 bridgehead atoms. The Kier molecular flexibility index (Phi) is 5.45. The number of benzene rings is 1. The minimum Gasteiger partial charge on any atom is -0.327 e. The maximum absolute atomic E-state index is 6.49. The zero-order valence-electron chi connectivity index (χ0n) is 12.6. The van der Waals surface area contributed by atoms with Gasteiger partial charge in [0.25, 0.3) is 0 Å². The largest absolute Gasteiger partial charge is 0.327 e. The van der Waals surface area contributed by atoms with Crippen LogP contribution in [0.15, 0.2) is 24.3 Å². The minimum absolute atomic E-state index is 0.395. The van der Waals surface area contributed by atoms with Crippen LogP contribution in [0.25, 0.3) is 0 Å². The summed E-state index contributed by atoms with van der Waals surface area (Å²) in [5, 5.41) is 0. The van der Waals surface area contributed by atoms with E-state index in [1.165, 1.54) is 43.2 Å². The van der Waals surface area contributed by atoms with Crippen molar-refractivity contribution in [1.82, 2.24) is 0 Å². The molecule has 0 aromatic heterocycles. The summed E-state index contributed by atoms with van der Waals surface area (Å²) in [5.74, 6) is 1.64. The number of rotatable bonds is 5. The Labute approximate surface area is 118 Å². The molecular formula is C18H29N. The van der Waals surface area contributed by atoms with Crippen molar-refractivity contribution >= 4 is 0 Å². The summed E-state index contributed by atoms with van der Waals surface area (Å²) < 4.78 is 0. The lowest BCUT2D eigenvalue weighted by molar-refractivity contribution is 0.190.